The summed E-state index contributed by atoms with van der Waals surface area (Å²) in [5.74, 6) is -0.940. The van der Waals surface area contributed by atoms with E-state index in [1.165, 1.54) is 4.90 Å². The minimum Gasteiger partial charge on any atom is -0.426 e. The lowest BCUT2D eigenvalue weighted by molar-refractivity contribution is -0.139. The van der Waals surface area contributed by atoms with Crippen molar-refractivity contribution >= 4 is 35.1 Å². The van der Waals surface area contributed by atoms with Gasteiger partial charge in [-0.1, -0.05) is 18.2 Å². The van der Waals surface area contributed by atoms with Crippen LogP contribution in [0.3, 0.4) is 0 Å². The van der Waals surface area contributed by atoms with Crippen molar-refractivity contribution < 1.29 is 23.9 Å². The molecular weight excluding hydrogens is 432 g/mol. The van der Waals surface area contributed by atoms with Crippen LogP contribution in [0, 0.1) is 36.5 Å². The van der Waals surface area contributed by atoms with Gasteiger partial charge in [0.05, 0.1) is 23.4 Å². The number of anilines is 2. The topological polar surface area (TPSA) is 84.0 Å². The lowest BCUT2D eigenvalue weighted by atomic mass is 9.81. The number of hydrogen-bond donors (Lipinski definition) is 0. The van der Waals surface area contributed by atoms with Gasteiger partial charge in [-0.05, 0) is 67.9 Å². The number of esters is 1. The van der Waals surface area contributed by atoms with E-state index in [1.807, 2.05) is 31.2 Å². The lowest BCUT2D eigenvalue weighted by Gasteiger charge is -2.19. The number of nitrogens with zero attached hydrogens (tertiary/aromatic N) is 2. The second-order valence-electron chi connectivity index (χ2n) is 10.1. The zero-order valence-electron chi connectivity index (χ0n) is 19.0. The van der Waals surface area contributed by atoms with E-state index in [4.69, 9.17) is 4.74 Å². The molecule has 4 aliphatic rings. The largest absolute Gasteiger partial charge is 0.426 e. The maximum atomic E-state index is 13.1. The van der Waals surface area contributed by atoms with Gasteiger partial charge in [0, 0.05) is 24.7 Å². The first-order valence-electron chi connectivity index (χ1n) is 12.0. The molecule has 2 aromatic carbocycles. The van der Waals surface area contributed by atoms with Crippen LogP contribution in [-0.4, -0.2) is 30.2 Å². The molecule has 0 aromatic heterocycles. The fourth-order valence-electron chi connectivity index (χ4n) is 6.46. The molecule has 2 saturated carbocycles. The van der Waals surface area contributed by atoms with Crippen molar-refractivity contribution in [2.75, 3.05) is 16.3 Å². The number of carbonyl (C=O) groups excluding carboxylic acids is 4. The van der Waals surface area contributed by atoms with Crippen molar-refractivity contribution in [3.63, 3.8) is 0 Å². The normalized spacial score (nSPS) is 29.8. The van der Waals surface area contributed by atoms with E-state index >= 15 is 0 Å². The SMILES string of the molecule is Cc1cccc(N2C[C@H](C(=O)Oc3cccc(N4C(=O)[C@@H]5[C@H]6CC[C@@H](C6)[C@@H]5C4=O)c3)CC2=O)c1. The average Bonchev–Trinajstić information content (AvgIpc) is 3.57. The van der Waals surface area contributed by atoms with E-state index < -0.39 is 11.9 Å². The first-order chi connectivity index (χ1) is 16.4. The average molecular weight is 459 g/mol. The van der Waals surface area contributed by atoms with Crippen LogP contribution in [0.15, 0.2) is 48.5 Å². The minimum absolute atomic E-state index is 0.0850. The maximum Gasteiger partial charge on any atom is 0.316 e. The molecule has 34 heavy (non-hydrogen) atoms. The van der Waals surface area contributed by atoms with Gasteiger partial charge in [0.15, 0.2) is 0 Å². The summed E-state index contributed by atoms with van der Waals surface area (Å²) in [4.78, 5) is 54.5. The van der Waals surface area contributed by atoms with Crippen molar-refractivity contribution in [2.45, 2.75) is 32.6 Å². The first kappa shape index (κ1) is 21.1. The Balaban J connectivity index is 1.17. The molecule has 3 amide bonds. The Hall–Kier alpha value is -3.48. The lowest BCUT2D eigenvalue weighted by Crippen LogP contribution is -2.32. The summed E-state index contributed by atoms with van der Waals surface area (Å²) < 4.78 is 5.61. The summed E-state index contributed by atoms with van der Waals surface area (Å²) >= 11 is 0. The Bertz CT molecular complexity index is 1200. The number of rotatable bonds is 4. The van der Waals surface area contributed by atoms with Crippen LogP contribution in [-0.2, 0) is 19.2 Å². The van der Waals surface area contributed by atoms with E-state index in [0.29, 0.717) is 17.5 Å². The monoisotopic (exact) mass is 458 g/mol. The van der Waals surface area contributed by atoms with Crippen molar-refractivity contribution in [1.82, 2.24) is 0 Å². The molecule has 4 fully saturated rings. The molecule has 6 rings (SSSR count). The Morgan fingerprint density at radius 2 is 1.59 bits per heavy atom. The predicted molar refractivity (Wildman–Crippen MR) is 124 cm³/mol. The van der Waals surface area contributed by atoms with Crippen LogP contribution in [0.2, 0.25) is 0 Å². The highest BCUT2D eigenvalue weighted by Gasteiger charge is 2.61. The van der Waals surface area contributed by atoms with Crippen LogP contribution < -0.4 is 14.5 Å². The van der Waals surface area contributed by atoms with Gasteiger partial charge in [-0.3, -0.25) is 19.2 Å². The first-order valence-corrected chi connectivity index (χ1v) is 12.0. The summed E-state index contributed by atoms with van der Waals surface area (Å²) in [6, 6.07) is 14.2. The van der Waals surface area contributed by atoms with Gasteiger partial charge in [0.25, 0.3) is 0 Å². The van der Waals surface area contributed by atoms with E-state index in [2.05, 4.69) is 0 Å². The van der Waals surface area contributed by atoms with Gasteiger partial charge in [-0.25, -0.2) is 4.90 Å². The quantitative estimate of drug-likeness (QED) is 0.398. The van der Waals surface area contributed by atoms with Crippen LogP contribution in [0.4, 0.5) is 11.4 Å². The van der Waals surface area contributed by atoms with Crippen molar-refractivity contribution in [2.24, 2.45) is 29.6 Å². The molecule has 0 spiro atoms. The Morgan fingerprint density at radius 1 is 0.912 bits per heavy atom. The van der Waals surface area contributed by atoms with E-state index in [-0.39, 0.29) is 48.3 Å². The molecule has 0 radical (unpaired) electrons. The van der Waals surface area contributed by atoms with Gasteiger partial charge < -0.3 is 9.64 Å². The van der Waals surface area contributed by atoms with Gasteiger partial charge in [-0.15, -0.1) is 0 Å². The fourth-order valence-corrected chi connectivity index (χ4v) is 6.46. The molecule has 2 aliphatic heterocycles. The van der Waals surface area contributed by atoms with E-state index in [9.17, 15) is 19.2 Å². The summed E-state index contributed by atoms with van der Waals surface area (Å²) in [6.45, 7) is 2.21. The molecule has 7 nitrogen and oxygen atoms in total. The summed E-state index contributed by atoms with van der Waals surface area (Å²) in [6.07, 6.45) is 3.12. The molecule has 2 aliphatic carbocycles. The van der Waals surface area contributed by atoms with Crippen LogP contribution in [0.1, 0.15) is 31.2 Å². The molecule has 2 heterocycles. The third-order valence-corrected chi connectivity index (χ3v) is 7.99. The Labute approximate surface area is 197 Å². The molecule has 5 atom stereocenters. The van der Waals surface area contributed by atoms with Crippen LogP contribution in [0.5, 0.6) is 5.75 Å². The zero-order chi connectivity index (χ0) is 23.6. The minimum atomic E-state index is -0.582. The highest BCUT2D eigenvalue weighted by molar-refractivity contribution is 6.22. The Kier molecular flexibility index (Phi) is 4.83. The van der Waals surface area contributed by atoms with Crippen molar-refractivity contribution in [1.29, 1.82) is 0 Å². The van der Waals surface area contributed by atoms with Gasteiger partial charge in [0.1, 0.15) is 5.75 Å². The highest BCUT2D eigenvalue weighted by Crippen LogP contribution is 2.56. The Morgan fingerprint density at radius 3 is 2.29 bits per heavy atom. The van der Waals surface area contributed by atoms with Crippen molar-refractivity contribution in [3.8, 4) is 5.75 Å². The van der Waals surface area contributed by atoms with E-state index in [1.54, 1.807) is 29.2 Å². The molecule has 0 unspecified atom stereocenters. The van der Waals surface area contributed by atoms with Gasteiger partial charge in [0.2, 0.25) is 17.7 Å². The third-order valence-electron chi connectivity index (χ3n) is 7.99. The third kappa shape index (κ3) is 3.25. The number of benzene rings is 2. The second-order valence-corrected chi connectivity index (χ2v) is 10.1. The van der Waals surface area contributed by atoms with E-state index in [0.717, 1.165) is 30.5 Å². The number of aryl methyl sites for hydroxylation is 1. The predicted octanol–water partition coefficient (Wildman–Crippen LogP) is 3.49. The zero-order valence-corrected chi connectivity index (χ0v) is 19.0. The molecule has 0 N–H and O–H groups in total. The molecular formula is C27H26N2O5. The summed E-state index contributed by atoms with van der Waals surface area (Å²) in [7, 11) is 0. The molecule has 2 aromatic rings. The second kappa shape index (κ2) is 7.79. The van der Waals surface area contributed by atoms with Gasteiger partial charge in [-0.2, -0.15) is 0 Å². The van der Waals surface area contributed by atoms with Gasteiger partial charge >= 0.3 is 5.97 Å². The van der Waals surface area contributed by atoms with Crippen LogP contribution in [0.25, 0.3) is 0 Å². The fraction of sp³-hybridized carbons (Fsp3) is 0.407. The summed E-state index contributed by atoms with van der Waals surface area (Å²) in [5, 5.41) is 0. The smallest absolute Gasteiger partial charge is 0.316 e. The molecule has 174 valence electrons. The van der Waals surface area contributed by atoms with Crippen molar-refractivity contribution in [3.05, 3.63) is 54.1 Å². The number of imide groups is 1. The molecule has 7 heteroatoms. The van der Waals surface area contributed by atoms with Crippen LogP contribution >= 0.6 is 0 Å². The number of amides is 3. The highest BCUT2D eigenvalue weighted by atomic mass is 16.5. The maximum absolute atomic E-state index is 13.1. The standard InChI is InChI=1S/C27H26N2O5/c1-15-4-2-5-19(10-15)28-14-18(12-22(28)30)27(33)34-21-7-3-6-20(13-21)29-25(31)23-16-8-9-17(11-16)24(23)26(29)32/h2-7,10,13,16-18,23-24H,8-9,11-12,14H2,1H3/t16-,17-,18+,23-,24+/m0/s1. The number of fused-ring (bicyclic) bond motifs is 5. The summed E-state index contributed by atoms with van der Waals surface area (Å²) in [5.41, 5.74) is 2.25. The number of carbonyl (C=O) groups is 4. The number of hydrogen-bond acceptors (Lipinski definition) is 5. The molecule has 2 bridgehead atoms. The number of ether oxygens (including phenoxy) is 1. The molecule has 2 saturated heterocycles.